The van der Waals surface area contributed by atoms with Crippen LogP contribution >= 0.6 is 0 Å². The molecule has 0 spiro atoms. The monoisotopic (exact) mass is 379 g/mol. The molecule has 148 valence electrons. The Balaban J connectivity index is 2.10. The zero-order chi connectivity index (χ0) is 20.1. The number of aromatic carboxylic acids is 1. The first-order chi connectivity index (χ1) is 13.6. The van der Waals surface area contributed by atoms with Crippen molar-refractivity contribution in [2.75, 3.05) is 0 Å². The van der Waals surface area contributed by atoms with Crippen LogP contribution in [0.5, 0.6) is 0 Å². The molecule has 0 aliphatic heterocycles. The van der Waals surface area contributed by atoms with E-state index in [4.69, 9.17) is 0 Å². The molecule has 0 unspecified atom stereocenters. The summed E-state index contributed by atoms with van der Waals surface area (Å²) in [5.74, 6) is -0.909. The molecule has 2 aromatic carbocycles. The third-order valence-electron chi connectivity index (χ3n) is 5.51. The van der Waals surface area contributed by atoms with Crippen molar-refractivity contribution >= 4 is 16.9 Å². The van der Waals surface area contributed by atoms with Crippen molar-refractivity contribution in [3.8, 4) is 0 Å². The molecule has 1 heterocycles. The lowest BCUT2D eigenvalue weighted by molar-refractivity contribution is 0.0696. The number of carboxylic acids is 1. The Kier molecular flexibility index (Phi) is 6.53. The molecule has 0 fully saturated rings. The Bertz CT molecular complexity index is 957. The number of aryl methyl sites for hydroxylation is 3. The fourth-order valence-electron chi connectivity index (χ4n) is 4.00. The third-order valence-corrected chi connectivity index (χ3v) is 5.51. The second kappa shape index (κ2) is 9.07. The topological polar surface area (TPSA) is 62.5 Å². The predicted molar refractivity (Wildman–Crippen MR) is 113 cm³/mol. The molecule has 4 heteroatoms. The highest BCUT2D eigenvalue weighted by Crippen LogP contribution is 2.31. The van der Waals surface area contributed by atoms with E-state index >= 15 is 0 Å². The maximum Gasteiger partial charge on any atom is 0.336 e. The van der Waals surface area contributed by atoms with Crippen molar-refractivity contribution in [3.63, 3.8) is 0 Å². The van der Waals surface area contributed by atoms with E-state index in [-0.39, 0.29) is 6.61 Å². The number of carboxylic acid groups (broad SMARTS) is 1. The van der Waals surface area contributed by atoms with Gasteiger partial charge in [0.25, 0.3) is 0 Å². The molecule has 0 aliphatic carbocycles. The van der Waals surface area contributed by atoms with Crippen molar-refractivity contribution in [3.05, 3.63) is 70.4 Å². The van der Waals surface area contributed by atoms with Crippen LogP contribution in [0.4, 0.5) is 0 Å². The fourth-order valence-corrected chi connectivity index (χ4v) is 4.00. The summed E-state index contributed by atoms with van der Waals surface area (Å²) in [6.07, 6.45) is 5.11. The van der Waals surface area contributed by atoms with Crippen LogP contribution in [-0.2, 0) is 26.0 Å². The van der Waals surface area contributed by atoms with Crippen LogP contribution in [0, 0.1) is 6.92 Å². The molecule has 0 amide bonds. The molecule has 28 heavy (non-hydrogen) atoms. The molecule has 3 aromatic rings. The average molecular weight is 380 g/mol. The van der Waals surface area contributed by atoms with Gasteiger partial charge in [-0.15, -0.1) is 0 Å². The summed E-state index contributed by atoms with van der Waals surface area (Å²) in [5.41, 5.74) is 5.31. The molecule has 0 aliphatic rings. The molecule has 0 saturated carbocycles. The van der Waals surface area contributed by atoms with E-state index in [2.05, 4.69) is 23.6 Å². The van der Waals surface area contributed by atoms with E-state index in [1.807, 2.05) is 31.2 Å². The van der Waals surface area contributed by atoms with E-state index < -0.39 is 5.97 Å². The number of hydrogen-bond acceptors (Lipinski definition) is 2. The van der Waals surface area contributed by atoms with Crippen molar-refractivity contribution in [2.45, 2.75) is 59.1 Å². The van der Waals surface area contributed by atoms with Gasteiger partial charge >= 0.3 is 5.97 Å². The van der Waals surface area contributed by atoms with Gasteiger partial charge in [-0.3, -0.25) is 0 Å². The van der Waals surface area contributed by atoms with Gasteiger partial charge < -0.3 is 14.8 Å². The summed E-state index contributed by atoms with van der Waals surface area (Å²) >= 11 is 0. The van der Waals surface area contributed by atoms with Crippen LogP contribution in [-0.4, -0.2) is 20.7 Å². The minimum absolute atomic E-state index is 0.0256. The summed E-state index contributed by atoms with van der Waals surface area (Å²) in [6.45, 7) is 4.74. The number of unbranched alkanes of at least 4 members (excludes halogenated alkanes) is 2. The summed E-state index contributed by atoms with van der Waals surface area (Å²) in [5, 5.41) is 20.7. The second-order valence-corrected chi connectivity index (χ2v) is 7.42. The molecule has 0 atom stereocenters. The number of rotatable bonds is 9. The molecule has 1 aromatic heterocycles. The number of nitrogens with zero attached hydrogens (tertiary/aromatic N) is 1. The van der Waals surface area contributed by atoms with Crippen LogP contribution in [0.15, 0.2) is 42.5 Å². The Morgan fingerprint density at radius 2 is 1.82 bits per heavy atom. The van der Waals surface area contributed by atoms with Crippen LogP contribution < -0.4 is 0 Å². The highest BCUT2D eigenvalue weighted by Gasteiger charge is 2.19. The molecule has 3 rings (SSSR count). The standard InChI is InChI=1S/C24H29NO3/c1-3-4-6-11-22-21(16-26)20-14-17(2)19(24(27)28)15-23(20)25(22)13-12-18-9-7-5-8-10-18/h5,7-10,14-15,26H,3-4,6,11-13,16H2,1-2H3,(H,27,28). The number of hydrogen-bond donors (Lipinski definition) is 2. The Morgan fingerprint density at radius 1 is 1.07 bits per heavy atom. The first-order valence-corrected chi connectivity index (χ1v) is 10.1. The van der Waals surface area contributed by atoms with E-state index in [9.17, 15) is 15.0 Å². The van der Waals surface area contributed by atoms with Crippen molar-refractivity contribution in [1.29, 1.82) is 0 Å². The third kappa shape index (κ3) is 4.12. The number of aliphatic hydroxyl groups excluding tert-OH is 1. The van der Waals surface area contributed by atoms with Crippen molar-refractivity contribution < 1.29 is 15.0 Å². The summed E-state index contributed by atoms with van der Waals surface area (Å²) in [6, 6.07) is 14.0. The largest absolute Gasteiger partial charge is 0.478 e. The summed E-state index contributed by atoms with van der Waals surface area (Å²) < 4.78 is 2.23. The molecule has 0 radical (unpaired) electrons. The van der Waals surface area contributed by atoms with Crippen molar-refractivity contribution in [2.24, 2.45) is 0 Å². The molecule has 2 N–H and O–H groups in total. The Labute approximate surface area is 166 Å². The highest BCUT2D eigenvalue weighted by atomic mass is 16.4. The van der Waals surface area contributed by atoms with E-state index in [0.717, 1.165) is 66.4 Å². The number of aromatic nitrogens is 1. The second-order valence-electron chi connectivity index (χ2n) is 7.42. The van der Waals surface area contributed by atoms with E-state index in [0.29, 0.717) is 5.56 Å². The normalized spacial score (nSPS) is 11.2. The SMILES string of the molecule is CCCCCc1c(CO)c2cc(C)c(C(=O)O)cc2n1CCc1ccccc1. The number of carbonyl (C=O) groups is 1. The van der Waals surface area contributed by atoms with Gasteiger partial charge in [0.2, 0.25) is 0 Å². The zero-order valence-electron chi connectivity index (χ0n) is 16.7. The lowest BCUT2D eigenvalue weighted by Gasteiger charge is -2.13. The molecular formula is C24H29NO3. The van der Waals surface area contributed by atoms with Crippen LogP contribution in [0.3, 0.4) is 0 Å². The average Bonchev–Trinajstić information content (AvgIpc) is 2.98. The van der Waals surface area contributed by atoms with Gasteiger partial charge in [-0.25, -0.2) is 4.79 Å². The molecule has 0 bridgehead atoms. The fraction of sp³-hybridized carbons (Fsp3) is 0.375. The summed E-state index contributed by atoms with van der Waals surface area (Å²) in [4.78, 5) is 11.7. The Morgan fingerprint density at radius 3 is 2.46 bits per heavy atom. The van der Waals surface area contributed by atoms with Gasteiger partial charge in [-0.05, 0) is 49.4 Å². The maximum atomic E-state index is 11.7. The smallest absolute Gasteiger partial charge is 0.336 e. The van der Waals surface area contributed by atoms with Gasteiger partial charge in [0.1, 0.15) is 0 Å². The first kappa shape index (κ1) is 20.2. The lowest BCUT2D eigenvalue weighted by Crippen LogP contribution is -2.08. The first-order valence-electron chi connectivity index (χ1n) is 10.1. The van der Waals surface area contributed by atoms with Crippen LogP contribution in [0.2, 0.25) is 0 Å². The van der Waals surface area contributed by atoms with Gasteiger partial charge in [0.05, 0.1) is 12.2 Å². The zero-order valence-corrected chi connectivity index (χ0v) is 16.7. The van der Waals surface area contributed by atoms with Gasteiger partial charge in [-0.2, -0.15) is 0 Å². The molecular weight excluding hydrogens is 350 g/mol. The van der Waals surface area contributed by atoms with Gasteiger partial charge in [0.15, 0.2) is 0 Å². The Hall–Kier alpha value is -2.59. The number of benzene rings is 2. The van der Waals surface area contributed by atoms with Gasteiger partial charge in [-0.1, -0.05) is 50.1 Å². The molecule has 0 saturated heterocycles. The summed E-state index contributed by atoms with van der Waals surface area (Å²) in [7, 11) is 0. The van der Waals surface area contributed by atoms with Crippen LogP contribution in [0.25, 0.3) is 10.9 Å². The maximum absolute atomic E-state index is 11.7. The number of fused-ring (bicyclic) bond motifs is 1. The van der Waals surface area contributed by atoms with E-state index in [1.165, 1.54) is 5.56 Å². The predicted octanol–water partition coefficient (Wildman–Crippen LogP) is 5.12. The minimum Gasteiger partial charge on any atom is -0.478 e. The van der Waals surface area contributed by atoms with Gasteiger partial charge in [0, 0.05) is 28.7 Å². The van der Waals surface area contributed by atoms with Crippen molar-refractivity contribution in [1.82, 2.24) is 4.57 Å². The highest BCUT2D eigenvalue weighted by molar-refractivity contribution is 5.97. The quantitative estimate of drug-likeness (QED) is 0.508. The number of aliphatic hydroxyl groups is 1. The van der Waals surface area contributed by atoms with Crippen LogP contribution in [0.1, 0.15) is 58.9 Å². The molecule has 4 nitrogen and oxygen atoms in total. The lowest BCUT2D eigenvalue weighted by atomic mass is 10.0. The minimum atomic E-state index is -0.909. The van der Waals surface area contributed by atoms with E-state index in [1.54, 1.807) is 6.07 Å².